The predicted octanol–water partition coefficient (Wildman–Crippen LogP) is 2.28. The molecule has 0 unspecified atom stereocenters. The topological polar surface area (TPSA) is 32.6 Å². The first-order valence-electron chi connectivity index (χ1n) is 2.66. The van der Waals surface area contributed by atoms with E-state index in [1.165, 1.54) is 6.21 Å². The van der Waals surface area contributed by atoms with Crippen molar-refractivity contribution < 1.29 is 5.21 Å². The van der Waals surface area contributed by atoms with Gasteiger partial charge >= 0.3 is 0 Å². The highest BCUT2D eigenvalue weighted by atomic mass is 32.2. The van der Waals surface area contributed by atoms with Crippen LogP contribution >= 0.6 is 23.1 Å². The summed E-state index contributed by atoms with van der Waals surface area (Å²) in [6.45, 7) is 0. The zero-order chi connectivity index (χ0) is 7.40. The minimum atomic E-state index is 0.986. The summed E-state index contributed by atoms with van der Waals surface area (Å²) < 4.78 is 0. The summed E-state index contributed by atoms with van der Waals surface area (Å²) in [7, 11) is 0. The van der Waals surface area contributed by atoms with E-state index in [0.717, 1.165) is 10.5 Å². The number of oxime groups is 1. The third-order valence-electron chi connectivity index (χ3n) is 1.07. The Hall–Kier alpha value is -0.480. The van der Waals surface area contributed by atoms with E-state index >= 15 is 0 Å². The SMILES string of the molecule is CSc1cscc1/C=N\O. The van der Waals surface area contributed by atoms with Gasteiger partial charge in [0, 0.05) is 21.2 Å². The maximum atomic E-state index is 8.22. The number of thiophene rings is 1. The molecule has 0 aliphatic heterocycles. The molecule has 1 rings (SSSR count). The van der Waals surface area contributed by atoms with Crippen molar-refractivity contribution in [3.63, 3.8) is 0 Å². The van der Waals surface area contributed by atoms with Crippen LogP contribution in [-0.2, 0) is 0 Å². The minimum absolute atomic E-state index is 0.986. The van der Waals surface area contributed by atoms with Crippen LogP contribution in [0.5, 0.6) is 0 Å². The van der Waals surface area contributed by atoms with E-state index in [4.69, 9.17) is 5.21 Å². The van der Waals surface area contributed by atoms with Gasteiger partial charge in [-0.1, -0.05) is 5.16 Å². The Kier molecular flexibility index (Phi) is 2.77. The molecule has 10 heavy (non-hydrogen) atoms. The van der Waals surface area contributed by atoms with Gasteiger partial charge in [-0.15, -0.1) is 11.8 Å². The van der Waals surface area contributed by atoms with Crippen LogP contribution in [0.2, 0.25) is 0 Å². The molecule has 1 heterocycles. The molecule has 1 N–H and O–H groups in total. The number of thioether (sulfide) groups is 1. The summed E-state index contributed by atoms with van der Waals surface area (Å²) in [4.78, 5) is 1.16. The van der Waals surface area contributed by atoms with Crippen LogP contribution < -0.4 is 0 Å². The first-order chi connectivity index (χ1) is 4.88. The Bertz CT molecular complexity index is 231. The largest absolute Gasteiger partial charge is 0.411 e. The Balaban J connectivity index is 2.90. The first-order valence-corrected chi connectivity index (χ1v) is 4.83. The monoisotopic (exact) mass is 173 g/mol. The van der Waals surface area contributed by atoms with Crippen molar-refractivity contribution in [2.75, 3.05) is 6.26 Å². The fraction of sp³-hybridized carbons (Fsp3) is 0.167. The number of hydrogen-bond donors (Lipinski definition) is 1. The van der Waals surface area contributed by atoms with Gasteiger partial charge in [0.2, 0.25) is 0 Å². The summed E-state index contributed by atoms with van der Waals surface area (Å²) in [5, 5.41) is 15.2. The Morgan fingerprint density at radius 2 is 2.50 bits per heavy atom. The van der Waals surface area contributed by atoms with E-state index in [0.29, 0.717) is 0 Å². The molecule has 0 atom stereocenters. The molecule has 1 aromatic heterocycles. The molecule has 0 bridgehead atoms. The van der Waals surface area contributed by atoms with Crippen LogP contribution in [-0.4, -0.2) is 17.7 Å². The highest BCUT2D eigenvalue weighted by molar-refractivity contribution is 7.98. The van der Waals surface area contributed by atoms with Crippen molar-refractivity contribution in [1.82, 2.24) is 0 Å². The van der Waals surface area contributed by atoms with E-state index < -0.39 is 0 Å². The molecule has 0 amide bonds. The number of nitrogens with zero attached hydrogens (tertiary/aromatic N) is 1. The van der Waals surface area contributed by atoms with Crippen LogP contribution in [0.25, 0.3) is 0 Å². The van der Waals surface area contributed by atoms with Gasteiger partial charge in [-0.05, 0) is 6.26 Å². The lowest BCUT2D eigenvalue weighted by Crippen LogP contribution is -1.76. The molecule has 0 aliphatic carbocycles. The summed E-state index contributed by atoms with van der Waals surface area (Å²) in [5.41, 5.74) is 0.986. The van der Waals surface area contributed by atoms with Crippen LogP contribution in [0.1, 0.15) is 5.56 Å². The Labute approximate surface area is 67.6 Å². The third-order valence-corrected chi connectivity index (χ3v) is 2.78. The summed E-state index contributed by atoms with van der Waals surface area (Å²) in [5.74, 6) is 0. The van der Waals surface area contributed by atoms with Gasteiger partial charge in [-0.3, -0.25) is 0 Å². The fourth-order valence-corrected chi connectivity index (χ4v) is 2.25. The van der Waals surface area contributed by atoms with Crippen LogP contribution in [0.3, 0.4) is 0 Å². The predicted molar refractivity (Wildman–Crippen MR) is 45.5 cm³/mol. The average Bonchev–Trinajstić information content (AvgIpc) is 2.36. The van der Waals surface area contributed by atoms with Crippen molar-refractivity contribution in [1.29, 1.82) is 0 Å². The van der Waals surface area contributed by atoms with E-state index in [1.54, 1.807) is 23.1 Å². The standard InChI is InChI=1S/C6H7NOS2/c1-9-6-4-10-3-5(6)2-7-8/h2-4,8H,1H3/b7-2-. The van der Waals surface area contributed by atoms with Crippen LogP contribution in [0, 0.1) is 0 Å². The molecule has 0 aliphatic rings. The van der Waals surface area contributed by atoms with Gasteiger partial charge in [-0.25, -0.2) is 0 Å². The Morgan fingerprint density at radius 1 is 1.70 bits per heavy atom. The quantitative estimate of drug-likeness (QED) is 0.322. The van der Waals surface area contributed by atoms with Gasteiger partial charge < -0.3 is 5.21 Å². The minimum Gasteiger partial charge on any atom is -0.411 e. The molecule has 0 spiro atoms. The second-order valence-electron chi connectivity index (χ2n) is 1.64. The zero-order valence-corrected chi connectivity index (χ0v) is 7.08. The molecule has 0 radical (unpaired) electrons. The Morgan fingerprint density at radius 3 is 3.10 bits per heavy atom. The first kappa shape index (κ1) is 7.63. The van der Waals surface area contributed by atoms with Gasteiger partial charge in [0.1, 0.15) is 0 Å². The summed E-state index contributed by atoms with van der Waals surface area (Å²) in [6.07, 6.45) is 3.44. The highest BCUT2D eigenvalue weighted by Crippen LogP contribution is 2.22. The second kappa shape index (κ2) is 3.63. The maximum absolute atomic E-state index is 8.22. The molecule has 0 fully saturated rings. The van der Waals surface area contributed by atoms with Gasteiger partial charge in [0.05, 0.1) is 6.21 Å². The highest BCUT2D eigenvalue weighted by Gasteiger charge is 1.97. The third kappa shape index (κ3) is 1.52. The fourth-order valence-electron chi connectivity index (χ4n) is 0.617. The molecule has 0 saturated carbocycles. The lowest BCUT2D eigenvalue weighted by atomic mass is 10.4. The van der Waals surface area contributed by atoms with Crippen LogP contribution in [0.15, 0.2) is 20.8 Å². The summed E-state index contributed by atoms with van der Waals surface area (Å²) in [6, 6.07) is 0. The molecule has 1 aromatic rings. The lowest BCUT2D eigenvalue weighted by Gasteiger charge is -1.89. The molecule has 2 nitrogen and oxygen atoms in total. The number of rotatable bonds is 2. The zero-order valence-electron chi connectivity index (χ0n) is 5.44. The van der Waals surface area contributed by atoms with Gasteiger partial charge in [-0.2, -0.15) is 11.3 Å². The van der Waals surface area contributed by atoms with Crippen LogP contribution in [0.4, 0.5) is 0 Å². The second-order valence-corrected chi connectivity index (χ2v) is 3.23. The number of hydrogen-bond acceptors (Lipinski definition) is 4. The van der Waals surface area contributed by atoms with Gasteiger partial charge in [0.25, 0.3) is 0 Å². The van der Waals surface area contributed by atoms with Crippen molar-refractivity contribution in [2.24, 2.45) is 5.16 Å². The molecule has 0 saturated heterocycles. The van der Waals surface area contributed by atoms with Crippen molar-refractivity contribution in [3.8, 4) is 0 Å². The average molecular weight is 173 g/mol. The maximum Gasteiger partial charge on any atom is 0.0753 e. The van der Waals surface area contributed by atoms with Crippen molar-refractivity contribution >= 4 is 29.3 Å². The molecular formula is C6H7NOS2. The molecule has 0 aromatic carbocycles. The smallest absolute Gasteiger partial charge is 0.0753 e. The van der Waals surface area contributed by atoms with E-state index in [-0.39, 0.29) is 0 Å². The van der Waals surface area contributed by atoms with E-state index in [9.17, 15) is 0 Å². The normalized spacial score (nSPS) is 10.9. The summed E-state index contributed by atoms with van der Waals surface area (Å²) >= 11 is 3.26. The van der Waals surface area contributed by atoms with Crippen molar-refractivity contribution in [2.45, 2.75) is 4.90 Å². The lowest BCUT2D eigenvalue weighted by molar-refractivity contribution is 0.322. The molecule has 4 heteroatoms. The molecule has 54 valence electrons. The van der Waals surface area contributed by atoms with Crippen molar-refractivity contribution in [3.05, 3.63) is 16.3 Å². The molecular weight excluding hydrogens is 166 g/mol. The van der Waals surface area contributed by atoms with Gasteiger partial charge in [0.15, 0.2) is 0 Å². The van der Waals surface area contributed by atoms with E-state index in [1.807, 2.05) is 17.0 Å². The van der Waals surface area contributed by atoms with E-state index in [2.05, 4.69) is 5.16 Å².